The third-order valence-electron chi connectivity index (χ3n) is 6.40. The number of likely N-dealkylation sites (tertiary alicyclic amines) is 1. The van der Waals surface area contributed by atoms with E-state index in [0.29, 0.717) is 17.8 Å². The molecule has 2 aliphatic heterocycles. The fourth-order valence-electron chi connectivity index (χ4n) is 4.69. The van der Waals surface area contributed by atoms with Crippen molar-refractivity contribution >= 4 is 17.3 Å². The molecule has 2 aromatic carbocycles. The summed E-state index contributed by atoms with van der Waals surface area (Å²) in [6.45, 7) is 4.00. The van der Waals surface area contributed by atoms with Crippen molar-refractivity contribution in [3.05, 3.63) is 63.7 Å². The molecule has 1 atom stereocenters. The molecule has 8 nitrogen and oxygen atoms in total. The van der Waals surface area contributed by atoms with E-state index in [9.17, 15) is 14.9 Å². The molecule has 170 valence electrons. The number of hydrogen-bond donors (Lipinski definition) is 1. The summed E-state index contributed by atoms with van der Waals surface area (Å²) in [5, 5.41) is 14.7. The first kappa shape index (κ1) is 22.1. The molecule has 1 amide bonds. The molecule has 0 spiro atoms. The van der Waals surface area contributed by atoms with Gasteiger partial charge in [-0.15, -0.1) is 0 Å². The number of benzene rings is 2. The molecule has 1 N–H and O–H groups in total. The second-order valence-electron chi connectivity index (χ2n) is 8.40. The van der Waals surface area contributed by atoms with Crippen molar-refractivity contribution in [1.82, 2.24) is 10.2 Å². The van der Waals surface area contributed by atoms with Crippen LogP contribution in [0.2, 0.25) is 0 Å². The van der Waals surface area contributed by atoms with Crippen molar-refractivity contribution in [2.45, 2.75) is 31.7 Å². The van der Waals surface area contributed by atoms with E-state index in [1.54, 1.807) is 19.2 Å². The summed E-state index contributed by atoms with van der Waals surface area (Å²) in [4.78, 5) is 28.6. The molecule has 4 rings (SSSR count). The molecule has 32 heavy (non-hydrogen) atoms. The summed E-state index contributed by atoms with van der Waals surface area (Å²) in [6.07, 6.45) is 4.33. The maximum atomic E-state index is 12.9. The molecule has 2 fully saturated rings. The predicted octanol–water partition coefficient (Wildman–Crippen LogP) is 3.77. The molecule has 0 aromatic heterocycles. The monoisotopic (exact) mass is 438 g/mol. The Labute approximate surface area is 188 Å². The maximum Gasteiger partial charge on any atom is 0.293 e. The van der Waals surface area contributed by atoms with Gasteiger partial charge < -0.3 is 15.0 Å². The topological polar surface area (TPSA) is 87.9 Å². The van der Waals surface area contributed by atoms with E-state index >= 15 is 0 Å². The number of nitrogens with one attached hydrogen (secondary N) is 1. The minimum atomic E-state index is -0.395. The molecule has 0 saturated carbocycles. The smallest absolute Gasteiger partial charge is 0.293 e. The van der Waals surface area contributed by atoms with Crippen LogP contribution in [0.3, 0.4) is 0 Å². The number of nitro benzene ring substituents is 1. The van der Waals surface area contributed by atoms with Gasteiger partial charge in [-0.25, -0.2) is 0 Å². The van der Waals surface area contributed by atoms with Crippen LogP contribution < -0.4 is 15.0 Å². The second-order valence-corrected chi connectivity index (χ2v) is 8.40. The van der Waals surface area contributed by atoms with Crippen LogP contribution in [0.1, 0.15) is 47.6 Å². The zero-order chi connectivity index (χ0) is 22.5. The minimum Gasteiger partial charge on any atom is -0.497 e. The van der Waals surface area contributed by atoms with Gasteiger partial charge >= 0.3 is 0 Å². The Bertz CT molecular complexity index is 968. The quantitative estimate of drug-likeness (QED) is 0.499. The number of carbonyl (C=O) groups excluding carboxylic acids is 1. The van der Waals surface area contributed by atoms with Crippen molar-refractivity contribution in [1.29, 1.82) is 0 Å². The number of methoxy groups -OCH3 is 1. The van der Waals surface area contributed by atoms with E-state index < -0.39 is 4.92 Å². The summed E-state index contributed by atoms with van der Waals surface area (Å²) < 4.78 is 5.38. The lowest BCUT2D eigenvalue weighted by Crippen LogP contribution is -2.36. The van der Waals surface area contributed by atoms with E-state index in [2.05, 4.69) is 10.2 Å². The second kappa shape index (κ2) is 9.99. The lowest BCUT2D eigenvalue weighted by molar-refractivity contribution is -0.384. The number of amides is 1. The lowest BCUT2D eigenvalue weighted by atomic mass is 10.0. The third-order valence-corrected chi connectivity index (χ3v) is 6.40. The number of nitrogens with zero attached hydrogens (tertiary/aromatic N) is 3. The highest BCUT2D eigenvalue weighted by molar-refractivity contribution is 5.95. The number of hydrogen-bond acceptors (Lipinski definition) is 6. The maximum absolute atomic E-state index is 12.9. The zero-order valence-corrected chi connectivity index (χ0v) is 18.5. The number of carbonyl (C=O) groups is 1. The molecule has 2 aromatic rings. The Balaban J connectivity index is 1.51. The first-order valence-corrected chi connectivity index (χ1v) is 11.3. The van der Waals surface area contributed by atoms with E-state index in [0.717, 1.165) is 63.2 Å². The number of anilines is 1. The molecule has 1 unspecified atom stereocenters. The number of ether oxygens (including phenoxy) is 1. The van der Waals surface area contributed by atoms with Crippen molar-refractivity contribution in [3.63, 3.8) is 0 Å². The fourth-order valence-corrected chi connectivity index (χ4v) is 4.69. The molecular weight excluding hydrogens is 408 g/mol. The highest BCUT2D eigenvalue weighted by Gasteiger charge is 2.26. The molecular formula is C24H30N4O4. The van der Waals surface area contributed by atoms with Crippen molar-refractivity contribution in [2.24, 2.45) is 0 Å². The van der Waals surface area contributed by atoms with Gasteiger partial charge in [-0.1, -0.05) is 12.1 Å². The van der Waals surface area contributed by atoms with Gasteiger partial charge in [-0.3, -0.25) is 19.8 Å². The average Bonchev–Trinajstić information content (AvgIpc) is 3.53. The van der Waals surface area contributed by atoms with Crippen LogP contribution >= 0.6 is 0 Å². The summed E-state index contributed by atoms with van der Waals surface area (Å²) in [5.74, 6) is 0.485. The Kier molecular flexibility index (Phi) is 6.90. The molecule has 2 aliphatic rings. The van der Waals surface area contributed by atoms with Crippen LogP contribution in [-0.4, -0.2) is 55.6 Å². The summed E-state index contributed by atoms with van der Waals surface area (Å²) in [5.41, 5.74) is 1.98. The Hall–Kier alpha value is -3.13. The minimum absolute atomic E-state index is 0.0107. The van der Waals surface area contributed by atoms with E-state index in [4.69, 9.17) is 4.74 Å². The number of rotatable bonds is 8. The van der Waals surface area contributed by atoms with Crippen LogP contribution in [0, 0.1) is 10.1 Å². The van der Waals surface area contributed by atoms with Gasteiger partial charge in [0.2, 0.25) is 0 Å². The number of nitro groups is 1. The van der Waals surface area contributed by atoms with Gasteiger partial charge in [-0.05, 0) is 68.6 Å². The fraction of sp³-hybridized carbons (Fsp3) is 0.458. The van der Waals surface area contributed by atoms with Crippen LogP contribution in [-0.2, 0) is 0 Å². The molecule has 2 heterocycles. The van der Waals surface area contributed by atoms with Gasteiger partial charge in [0.1, 0.15) is 11.4 Å². The Morgan fingerprint density at radius 1 is 1.09 bits per heavy atom. The van der Waals surface area contributed by atoms with Crippen LogP contribution in [0.25, 0.3) is 0 Å². The Morgan fingerprint density at radius 3 is 2.50 bits per heavy atom. The summed E-state index contributed by atoms with van der Waals surface area (Å²) in [6, 6.07) is 12.7. The van der Waals surface area contributed by atoms with E-state index in [-0.39, 0.29) is 17.6 Å². The first-order valence-electron chi connectivity index (χ1n) is 11.3. The van der Waals surface area contributed by atoms with E-state index in [1.165, 1.54) is 6.07 Å². The largest absolute Gasteiger partial charge is 0.497 e. The van der Waals surface area contributed by atoms with Gasteiger partial charge in [0.25, 0.3) is 11.6 Å². The van der Waals surface area contributed by atoms with Gasteiger partial charge in [0.15, 0.2) is 0 Å². The van der Waals surface area contributed by atoms with Crippen molar-refractivity contribution < 1.29 is 14.5 Å². The van der Waals surface area contributed by atoms with E-state index in [1.807, 2.05) is 29.2 Å². The first-order chi connectivity index (χ1) is 15.6. The molecule has 0 aliphatic carbocycles. The Morgan fingerprint density at radius 2 is 1.81 bits per heavy atom. The summed E-state index contributed by atoms with van der Waals surface area (Å²) in [7, 11) is 1.64. The summed E-state index contributed by atoms with van der Waals surface area (Å²) >= 11 is 0. The molecule has 8 heteroatoms. The van der Waals surface area contributed by atoms with Gasteiger partial charge in [0, 0.05) is 31.3 Å². The van der Waals surface area contributed by atoms with Crippen LogP contribution in [0.15, 0.2) is 42.5 Å². The van der Waals surface area contributed by atoms with Crippen LogP contribution in [0.5, 0.6) is 5.75 Å². The normalized spacial score (nSPS) is 17.3. The van der Waals surface area contributed by atoms with Gasteiger partial charge in [0.05, 0.1) is 18.1 Å². The molecule has 2 saturated heterocycles. The molecule has 0 radical (unpaired) electrons. The predicted molar refractivity (Wildman–Crippen MR) is 123 cm³/mol. The van der Waals surface area contributed by atoms with Crippen molar-refractivity contribution in [2.75, 3.05) is 44.7 Å². The standard InChI is InChI=1S/C24H30N4O4/c1-32-20-8-6-7-18(15-20)23(27-13-4-5-14-27)17-25-24(29)19-9-10-21(22(16-19)28(30)31)26-11-2-3-12-26/h6-10,15-16,23H,2-5,11-14,17H2,1H3,(H,25,29). The average molecular weight is 439 g/mol. The SMILES string of the molecule is COc1cccc(C(CNC(=O)c2ccc(N3CCCC3)c([N+](=O)[O-])c2)N2CCCC2)c1. The highest BCUT2D eigenvalue weighted by atomic mass is 16.6. The molecule has 0 bridgehead atoms. The third kappa shape index (κ3) is 4.85. The highest BCUT2D eigenvalue weighted by Crippen LogP contribution is 2.32. The van der Waals surface area contributed by atoms with Gasteiger partial charge in [-0.2, -0.15) is 0 Å². The van der Waals surface area contributed by atoms with Crippen LogP contribution in [0.4, 0.5) is 11.4 Å². The zero-order valence-electron chi connectivity index (χ0n) is 18.5. The van der Waals surface area contributed by atoms with Crippen molar-refractivity contribution in [3.8, 4) is 5.75 Å². The lowest BCUT2D eigenvalue weighted by Gasteiger charge is -2.28.